The molecule has 0 aromatic heterocycles. The Morgan fingerprint density at radius 3 is 2.73 bits per heavy atom. The summed E-state index contributed by atoms with van der Waals surface area (Å²) < 4.78 is 15.0. The summed E-state index contributed by atoms with van der Waals surface area (Å²) in [6.07, 6.45) is -0.708. The molecule has 0 bridgehead atoms. The van der Waals surface area contributed by atoms with Crippen molar-refractivity contribution < 1.29 is 19.0 Å². The van der Waals surface area contributed by atoms with Crippen LogP contribution in [0.1, 0.15) is 11.7 Å². The predicted octanol–water partition coefficient (Wildman–Crippen LogP) is 1.31. The molecule has 0 spiro atoms. The van der Waals surface area contributed by atoms with Gasteiger partial charge in [-0.25, -0.2) is 4.79 Å². The van der Waals surface area contributed by atoms with Crippen LogP contribution in [0.3, 0.4) is 0 Å². The average molecular weight is 208 g/mol. The van der Waals surface area contributed by atoms with Crippen LogP contribution in [0, 0.1) is 0 Å². The second-order valence-electron chi connectivity index (χ2n) is 3.24. The molecule has 80 valence electrons. The molecule has 0 amide bonds. The van der Waals surface area contributed by atoms with E-state index in [2.05, 4.69) is 4.74 Å². The number of carbonyl (C=O) groups excluding carboxylic acids is 1. The number of epoxide rings is 1. The Morgan fingerprint density at radius 2 is 2.07 bits per heavy atom. The van der Waals surface area contributed by atoms with E-state index in [4.69, 9.17) is 9.47 Å². The lowest BCUT2D eigenvalue weighted by atomic mass is 10.1. The van der Waals surface area contributed by atoms with Crippen LogP contribution in [0.2, 0.25) is 0 Å². The molecule has 1 aliphatic heterocycles. The Labute approximate surface area is 87.8 Å². The molecule has 0 unspecified atom stereocenters. The number of esters is 1. The Balaban J connectivity index is 2.16. The topological polar surface area (TPSA) is 48.1 Å². The van der Waals surface area contributed by atoms with Gasteiger partial charge in [0.2, 0.25) is 0 Å². The van der Waals surface area contributed by atoms with Crippen molar-refractivity contribution >= 4 is 5.97 Å². The van der Waals surface area contributed by atoms with Crippen molar-refractivity contribution in [2.45, 2.75) is 12.2 Å². The molecule has 1 aliphatic rings. The zero-order valence-electron chi connectivity index (χ0n) is 8.60. The van der Waals surface area contributed by atoms with E-state index in [1.165, 1.54) is 7.11 Å². The van der Waals surface area contributed by atoms with E-state index >= 15 is 0 Å². The number of methoxy groups -OCH3 is 2. The van der Waals surface area contributed by atoms with Crippen molar-refractivity contribution in [1.82, 2.24) is 0 Å². The molecule has 4 nitrogen and oxygen atoms in total. The molecule has 1 fully saturated rings. The third kappa shape index (κ3) is 1.80. The van der Waals surface area contributed by atoms with E-state index in [-0.39, 0.29) is 12.1 Å². The first kappa shape index (κ1) is 9.98. The molecular formula is C11H12O4. The highest BCUT2D eigenvalue weighted by Crippen LogP contribution is 2.43. The predicted molar refractivity (Wildman–Crippen MR) is 52.6 cm³/mol. The van der Waals surface area contributed by atoms with Crippen LogP contribution in [0.5, 0.6) is 5.75 Å². The van der Waals surface area contributed by atoms with E-state index in [0.29, 0.717) is 0 Å². The fourth-order valence-electron chi connectivity index (χ4n) is 1.55. The first-order valence-electron chi connectivity index (χ1n) is 4.64. The quantitative estimate of drug-likeness (QED) is 0.555. The fraction of sp³-hybridized carbons (Fsp3) is 0.364. The monoisotopic (exact) mass is 208 g/mol. The molecule has 15 heavy (non-hydrogen) atoms. The van der Waals surface area contributed by atoms with Gasteiger partial charge in [-0.2, -0.15) is 0 Å². The zero-order valence-corrected chi connectivity index (χ0v) is 8.60. The van der Waals surface area contributed by atoms with Gasteiger partial charge in [-0.1, -0.05) is 18.2 Å². The molecule has 0 radical (unpaired) electrons. The van der Waals surface area contributed by atoms with Crippen molar-refractivity contribution in [1.29, 1.82) is 0 Å². The van der Waals surface area contributed by atoms with Crippen molar-refractivity contribution in [3.8, 4) is 5.75 Å². The number of rotatable bonds is 3. The first-order valence-corrected chi connectivity index (χ1v) is 4.64. The summed E-state index contributed by atoms with van der Waals surface area (Å²) in [5.41, 5.74) is 0.885. The maximum Gasteiger partial charge on any atom is 0.338 e. The van der Waals surface area contributed by atoms with E-state index < -0.39 is 6.10 Å². The molecule has 2 atom stereocenters. The van der Waals surface area contributed by atoms with Crippen LogP contribution >= 0.6 is 0 Å². The number of carbonyl (C=O) groups is 1. The lowest BCUT2D eigenvalue weighted by Gasteiger charge is -2.04. The molecule has 1 aromatic carbocycles. The molecule has 0 aliphatic carbocycles. The molecule has 0 N–H and O–H groups in total. The Kier molecular flexibility index (Phi) is 2.60. The minimum atomic E-state index is -0.480. The molecule has 1 saturated heterocycles. The summed E-state index contributed by atoms with van der Waals surface area (Å²) in [5.74, 6) is 0.389. The molecular weight excluding hydrogens is 196 g/mol. The summed E-state index contributed by atoms with van der Waals surface area (Å²) in [4.78, 5) is 11.2. The van der Waals surface area contributed by atoms with Gasteiger partial charge in [0.05, 0.1) is 14.2 Å². The molecule has 0 saturated carbocycles. The van der Waals surface area contributed by atoms with E-state index in [0.717, 1.165) is 11.3 Å². The minimum Gasteiger partial charge on any atom is -0.496 e. The van der Waals surface area contributed by atoms with Crippen LogP contribution in [0.4, 0.5) is 0 Å². The van der Waals surface area contributed by atoms with Crippen LogP contribution < -0.4 is 4.74 Å². The zero-order chi connectivity index (χ0) is 10.8. The maximum atomic E-state index is 11.2. The standard InChI is InChI=1S/C11H12O4/c1-13-8-6-4-3-5-7(8)9-10(15-9)11(12)14-2/h3-6,9-10H,1-2H3/t9-,10+/m0/s1. The van der Waals surface area contributed by atoms with Gasteiger partial charge in [0.15, 0.2) is 6.10 Å². The maximum absolute atomic E-state index is 11.2. The Bertz CT molecular complexity index is 375. The average Bonchev–Trinajstić information content (AvgIpc) is 3.08. The number of ether oxygens (including phenoxy) is 3. The van der Waals surface area contributed by atoms with Crippen LogP contribution in [-0.4, -0.2) is 26.3 Å². The van der Waals surface area contributed by atoms with Gasteiger partial charge in [-0.3, -0.25) is 0 Å². The summed E-state index contributed by atoms with van der Waals surface area (Å²) in [5, 5.41) is 0. The van der Waals surface area contributed by atoms with Gasteiger partial charge < -0.3 is 14.2 Å². The highest BCUT2D eigenvalue weighted by Gasteiger charge is 2.48. The third-order valence-electron chi connectivity index (χ3n) is 2.37. The largest absolute Gasteiger partial charge is 0.496 e. The van der Waals surface area contributed by atoms with Crippen LogP contribution in [0.25, 0.3) is 0 Å². The number of para-hydroxylation sites is 1. The molecule has 2 rings (SSSR count). The Hall–Kier alpha value is -1.55. The highest BCUT2D eigenvalue weighted by molar-refractivity contribution is 5.78. The van der Waals surface area contributed by atoms with E-state index in [9.17, 15) is 4.79 Å². The van der Waals surface area contributed by atoms with E-state index in [1.54, 1.807) is 7.11 Å². The van der Waals surface area contributed by atoms with Gasteiger partial charge in [-0.15, -0.1) is 0 Å². The highest BCUT2D eigenvalue weighted by atomic mass is 16.6. The number of hydrogen-bond donors (Lipinski definition) is 0. The van der Waals surface area contributed by atoms with Gasteiger partial charge >= 0.3 is 5.97 Å². The Morgan fingerprint density at radius 1 is 1.33 bits per heavy atom. The first-order chi connectivity index (χ1) is 7.27. The second-order valence-corrected chi connectivity index (χ2v) is 3.24. The molecule has 1 aromatic rings. The lowest BCUT2D eigenvalue weighted by Crippen LogP contribution is -2.09. The van der Waals surface area contributed by atoms with Crippen LogP contribution in [-0.2, 0) is 14.3 Å². The van der Waals surface area contributed by atoms with Crippen molar-refractivity contribution in [3.63, 3.8) is 0 Å². The minimum absolute atomic E-state index is 0.228. The summed E-state index contributed by atoms with van der Waals surface area (Å²) in [7, 11) is 2.94. The van der Waals surface area contributed by atoms with Crippen LogP contribution in [0.15, 0.2) is 24.3 Å². The SMILES string of the molecule is COC(=O)[C@@H]1O[C@H]1c1ccccc1OC. The van der Waals surface area contributed by atoms with Crippen molar-refractivity contribution in [3.05, 3.63) is 29.8 Å². The smallest absolute Gasteiger partial charge is 0.338 e. The van der Waals surface area contributed by atoms with Gasteiger partial charge in [0.1, 0.15) is 11.9 Å². The fourth-order valence-corrected chi connectivity index (χ4v) is 1.55. The van der Waals surface area contributed by atoms with Crippen molar-refractivity contribution in [2.75, 3.05) is 14.2 Å². The molecule has 1 heterocycles. The summed E-state index contributed by atoms with van der Waals surface area (Å²) >= 11 is 0. The third-order valence-corrected chi connectivity index (χ3v) is 2.37. The normalized spacial score (nSPS) is 23.3. The van der Waals surface area contributed by atoms with Gasteiger partial charge in [0.25, 0.3) is 0 Å². The number of hydrogen-bond acceptors (Lipinski definition) is 4. The lowest BCUT2D eigenvalue weighted by molar-refractivity contribution is -0.142. The summed E-state index contributed by atoms with van der Waals surface area (Å²) in [6.45, 7) is 0. The van der Waals surface area contributed by atoms with Gasteiger partial charge in [-0.05, 0) is 6.07 Å². The van der Waals surface area contributed by atoms with E-state index in [1.807, 2.05) is 24.3 Å². The second kappa shape index (κ2) is 3.90. The summed E-state index contributed by atoms with van der Waals surface area (Å²) in [6, 6.07) is 7.48. The molecule has 4 heteroatoms. The number of benzene rings is 1. The van der Waals surface area contributed by atoms with Crippen molar-refractivity contribution in [2.24, 2.45) is 0 Å². The van der Waals surface area contributed by atoms with Gasteiger partial charge in [0, 0.05) is 5.56 Å².